The number of hydrogen-bond acceptors (Lipinski definition) is 3. The fourth-order valence-electron chi connectivity index (χ4n) is 1.71. The van der Waals surface area contributed by atoms with Gasteiger partial charge in [-0.05, 0) is 25.8 Å². The monoisotopic (exact) mass is 273 g/mol. The van der Waals surface area contributed by atoms with Gasteiger partial charge in [-0.3, -0.25) is 0 Å². The molecule has 0 saturated heterocycles. The van der Waals surface area contributed by atoms with Crippen LogP contribution in [0.15, 0.2) is 17.2 Å². The van der Waals surface area contributed by atoms with Crippen LogP contribution in [0.2, 0.25) is 0 Å². The molecule has 0 saturated carbocycles. The second-order valence-corrected chi connectivity index (χ2v) is 6.21. The number of rotatable bonds is 7. The van der Waals surface area contributed by atoms with Gasteiger partial charge in [-0.15, -0.1) is 0 Å². The summed E-state index contributed by atoms with van der Waals surface area (Å²) in [6.07, 6.45) is 3.37. The average molecular weight is 273 g/mol. The lowest BCUT2D eigenvalue weighted by Gasteiger charge is -2.10. The van der Waals surface area contributed by atoms with Gasteiger partial charge in [0.15, 0.2) is 0 Å². The van der Waals surface area contributed by atoms with E-state index in [1.54, 1.807) is 12.3 Å². The molecule has 0 aromatic carbocycles. The van der Waals surface area contributed by atoms with Gasteiger partial charge in [-0.1, -0.05) is 13.8 Å². The molecule has 104 valence electrons. The average Bonchev–Trinajstić information content (AvgIpc) is 2.73. The maximum Gasteiger partial charge on any atom is 0.242 e. The molecule has 0 aliphatic rings. The first-order valence-electron chi connectivity index (χ1n) is 6.36. The normalized spacial score (nSPS) is 13.8. The van der Waals surface area contributed by atoms with Gasteiger partial charge in [-0.25, -0.2) is 13.1 Å². The number of nitrogens with one attached hydrogen (secondary N) is 1. The molecule has 18 heavy (non-hydrogen) atoms. The van der Waals surface area contributed by atoms with E-state index in [0.29, 0.717) is 11.4 Å². The zero-order valence-electron chi connectivity index (χ0n) is 11.3. The molecule has 1 heterocycles. The molecule has 1 unspecified atom stereocenters. The van der Waals surface area contributed by atoms with Crippen molar-refractivity contribution in [1.29, 1.82) is 0 Å². The number of nitrogens with zero attached hydrogens (tertiary/aromatic N) is 1. The molecule has 3 N–H and O–H groups in total. The highest BCUT2D eigenvalue weighted by Crippen LogP contribution is 2.15. The van der Waals surface area contributed by atoms with Crippen molar-refractivity contribution in [3.63, 3.8) is 0 Å². The minimum atomic E-state index is -3.43. The van der Waals surface area contributed by atoms with E-state index < -0.39 is 10.0 Å². The van der Waals surface area contributed by atoms with Crippen molar-refractivity contribution in [2.45, 2.75) is 57.6 Å². The lowest BCUT2D eigenvalue weighted by molar-refractivity contribution is 0.555. The zero-order valence-corrected chi connectivity index (χ0v) is 12.1. The van der Waals surface area contributed by atoms with Gasteiger partial charge in [0.05, 0.1) is 4.90 Å². The summed E-state index contributed by atoms with van der Waals surface area (Å²) in [5.74, 6) is 0. The fraction of sp³-hybridized carbons (Fsp3) is 0.667. The van der Waals surface area contributed by atoms with Crippen molar-refractivity contribution >= 4 is 10.0 Å². The second kappa shape index (κ2) is 6.36. The Morgan fingerprint density at radius 2 is 2.11 bits per heavy atom. The van der Waals surface area contributed by atoms with Crippen LogP contribution in [0.25, 0.3) is 0 Å². The molecular formula is C12H23N3O2S. The molecule has 5 nitrogen and oxygen atoms in total. The van der Waals surface area contributed by atoms with Gasteiger partial charge in [-0.2, -0.15) is 0 Å². The van der Waals surface area contributed by atoms with Crippen molar-refractivity contribution in [2.24, 2.45) is 5.73 Å². The van der Waals surface area contributed by atoms with Crippen molar-refractivity contribution in [2.75, 3.05) is 0 Å². The first kappa shape index (κ1) is 15.2. The van der Waals surface area contributed by atoms with Gasteiger partial charge in [0.1, 0.15) is 0 Å². The Morgan fingerprint density at radius 1 is 1.44 bits per heavy atom. The zero-order chi connectivity index (χ0) is 13.8. The molecule has 0 bridgehead atoms. The Morgan fingerprint density at radius 3 is 2.61 bits per heavy atom. The van der Waals surface area contributed by atoms with E-state index in [1.165, 1.54) is 0 Å². The van der Waals surface area contributed by atoms with Gasteiger partial charge in [0, 0.05) is 31.0 Å². The van der Waals surface area contributed by atoms with Crippen LogP contribution in [0.1, 0.15) is 39.3 Å². The minimum Gasteiger partial charge on any atom is -0.349 e. The molecule has 0 aliphatic carbocycles. The predicted molar refractivity (Wildman–Crippen MR) is 72.7 cm³/mol. The summed E-state index contributed by atoms with van der Waals surface area (Å²) >= 11 is 0. The Balaban J connectivity index is 3.02. The quantitative estimate of drug-likeness (QED) is 0.789. The van der Waals surface area contributed by atoms with Gasteiger partial charge >= 0.3 is 0 Å². The summed E-state index contributed by atoms with van der Waals surface area (Å²) in [5.41, 5.74) is 6.48. The third kappa shape index (κ3) is 3.57. The second-order valence-electron chi connectivity index (χ2n) is 4.50. The number of aromatic nitrogens is 1. The number of sulfonamides is 1. The molecule has 1 rings (SSSR count). The molecule has 0 spiro atoms. The molecule has 1 aromatic rings. The summed E-state index contributed by atoms with van der Waals surface area (Å²) in [6.45, 7) is 6.97. The van der Waals surface area contributed by atoms with Crippen LogP contribution in [-0.4, -0.2) is 19.0 Å². The maximum absolute atomic E-state index is 12.1. The molecule has 1 aromatic heterocycles. The molecule has 6 heteroatoms. The summed E-state index contributed by atoms with van der Waals surface area (Å²) < 4.78 is 28.8. The first-order chi connectivity index (χ1) is 8.44. The van der Waals surface area contributed by atoms with Crippen LogP contribution in [0.3, 0.4) is 0 Å². The lowest BCUT2D eigenvalue weighted by atomic mass is 10.3. The van der Waals surface area contributed by atoms with Crippen LogP contribution in [0.5, 0.6) is 0 Å². The van der Waals surface area contributed by atoms with E-state index >= 15 is 0 Å². The topological polar surface area (TPSA) is 77.1 Å². The minimum absolute atomic E-state index is 0.0640. The first-order valence-corrected chi connectivity index (χ1v) is 7.84. The Kier molecular flexibility index (Phi) is 5.37. The van der Waals surface area contributed by atoms with Crippen molar-refractivity contribution in [3.05, 3.63) is 18.0 Å². The lowest BCUT2D eigenvalue weighted by Crippen LogP contribution is -2.31. The van der Waals surface area contributed by atoms with Crippen LogP contribution < -0.4 is 10.5 Å². The van der Waals surface area contributed by atoms with Gasteiger partial charge in [0.25, 0.3) is 0 Å². The Labute approximate surface area is 109 Å². The summed E-state index contributed by atoms with van der Waals surface area (Å²) in [4.78, 5) is 0.303. The standard InChI is InChI=1S/C12H23N3O2S/c1-4-6-15-9-12(7-11(15)8-13)18(16,17)14-10(3)5-2/h7,9-10,14H,4-6,8,13H2,1-3H3. The largest absolute Gasteiger partial charge is 0.349 e. The van der Waals surface area contributed by atoms with Crippen LogP contribution in [0.4, 0.5) is 0 Å². The number of hydrogen-bond donors (Lipinski definition) is 2. The van der Waals surface area contributed by atoms with Gasteiger partial charge < -0.3 is 10.3 Å². The van der Waals surface area contributed by atoms with Crippen LogP contribution in [0, 0.1) is 0 Å². The molecule has 0 aliphatic heterocycles. The van der Waals surface area contributed by atoms with Gasteiger partial charge in [0.2, 0.25) is 10.0 Å². The SMILES string of the molecule is CCCn1cc(S(=O)(=O)NC(C)CC)cc1CN. The fourth-order valence-corrected chi connectivity index (χ4v) is 3.10. The van der Waals surface area contributed by atoms with E-state index in [0.717, 1.165) is 25.1 Å². The van der Waals surface area contributed by atoms with E-state index in [1.807, 2.05) is 25.3 Å². The van der Waals surface area contributed by atoms with Crippen molar-refractivity contribution in [1.82, 2.24) is 9.29 Å². The molecule has 0 fully saturated rings. The van der Waals surface area contributed by atoms with E-state index in [4.69, 9.17) is 5.73 Å². The third-order valence-corrected chi connectivity index (χ3v) is 4.47. The molecular weight excluding hydrogens is 250 g/mol. The van der Waals surface area contributed by atoms with Crippen LogP contribution >= 0.6 is 0 Å². The van der Waals surface area contributed by atoms with Crippen LogP contribution in [-0.2, 0) is 23.1 Å². The highest BCUT2D eigenvalue weighted by atomic mass is 32.2. The molecule has 1 atom stereocenters. The summed E-state index contributed by atoms with van der Waals surface area (Å²) in [5, 5.41) is 0. The van der Waals surface area contributed by atoms with Crippen molar-refractivity contribution < 1.29 is 8.42 Å². The third-order valence-electron chi connectivity index (χ3n) is 2.91. The Hall–Kier alpha value is -0.850. The smallest absolute Gasteiger partial charge is 0.242 e. The highest BCUT2D eigenvalue weighted by Gasteiger charge is 2.19. The summed E-state index contributed by atoms with van der Waals surface area (Å²) in [6, 6.07) is 1.59. The van der Waals surface area contributed by atoms with E-state index in [2.05, 4.69) is 4.72 Å². The van der Waals surface area contributed by atoms with E-state index in [9.17, 15) is 8.42 Å². The van der Waals surface area contributed by atoms with E-state index in [-0.39, 0.29) is 6.04 Å². The number of aryl methyl sites for hydroxylation is 1. The number of nitrogens with two attached hydrogens (primary N) is 1. The molecule has 0 amide bonds. The highest BCUT2D eigenvalue weighted by molar-refractivity contribution is 7.89. The Bertz CT molecular complexity index is 480. The maximum atomic E-state index is 12.1. The van der Waals surface area contributed by atoms with Crippen molar-refractivity contribution in [3.8, 4) is 0 Å². The molecule has 0 radical (unpaired) electrons. The summed E-state index contributed by atoms with van der Waals surface area (Å²) in [7, 11) is -3.43. The predicted octanol–water partition coefficient (Wildman–Crippen LogP) is 1.43.